The van der Waals surface area contributed by atoms with Crippen LogP contribution in [-0.4, -0.2) is 52.0 Å². The predicted octanol–water partition coefficient (Wildman–Crippen LogP) is 6.59. The van der Waals surface area contributed by atoms with Crippen molar-refractivity contribution in [2.75, 3.05) is 13.7 Å². The van der Waals surface area contributed by atoms with E-state index in [1.54, 1.807) is 23.1 Å². The van der Waals surface area contributed by atoms with Crippen LogP contribution >= 0.6 is 0 Å². The third-order valence-corrected chi connectivity index (χ3v) is 6.07. The fourth-order valence-corrected chi connectivity index (χ4v) is 4.19. The number of amides is 1. The molecular formula is C31H33N3O5. The highest BCUT2D eigenvalue weighted by atomic mass is 16.6. The van der Waals surface area contributed by atoms with E-state index in [9.17, 15) is 14.7 Å². The average molecular weight is 528 g/mol. The number of methoxy groups -OCH3 is 1. The number of carbonyl (C=O) groups is 2. The van der Waals surface area contributed by atoms with Crippen LogP contribution in [0.2, 0.25) is 0 Å². The molecule has 8 heteroatoms. The number of benzene rings is 3. The fraction of sp³-hybridized carbons (Fsp3) is 0.258. The number of nitrogens with one attached hydrogen (secondary N) is 1. The van der Waals surface area contributed by atoms with Gasteiger partial charge in [-0.2, -0.15) is 0 Å². The first-order valence-corrected chi connectivity index (χ1v) is 12.7. The van der Waals surface area contributed by atoms with Crippen LogP contribution in [0, 0.1) is 0 Å². The monoisotopic (exact) mass is 527 g/mol. The summed E-state index contributed by atoms with van der Waals surface area (Å²) in [5, 5.41) is 11.6. The number of aliphatic imine (C=N–C) groups is 1. The average Bonchev–Trinajstić information content (AvgIpc) is 3.24. The maximum Gasteiger partial charge on any atom is 0.410 e. The highest BCUT2D eigenvalue weighted by Gasteiger charge is 2.22. The van der Waals surface area contributed by atoms with Crippen LogP contribution in [0.3, 0.4) is 0 Å². The van der Waals surface area contributed by atoms with Gasteiger partial charge >= 0.3 is 12.1 Å². The SMILES string of the molecule is CCN(Cc1ccc(N=C(c2ccccc2)c2c(O)[nH]c3cc(C(=O)OC)ccc23)cc1)C(=O)OC(C)(C)C. The van der Waals surface area contributed by atoms with Gasteiger partial charge in [0.2, 0.25) is 0 Å². The van der Waals surface area contributed by atoms with Gasteiger partial charge in [-0.15, -0.1) is 0 Å². The van der Waals surface area contributed by atoms with E-state index in [1.807, 2.05) is 82.3 Å². The lowest BCUT2D eigenvalue weighted by Crippen LogP contribution is -2.36. The number of fused-ring (bicyclic) bond motifs is 1. The molecule has 0 radical (unpaired) electrons. The number of hydrogen-bond donors (Lipinski definition) is 2. The summed E-state index contributed by atoms with van der Waals surface area (Å²) in [4.78, 5) is 34.1. The van der Waals surface area contributed by atoms with Gasteiger partial charge in [0.25, 0.3) is 0 Å². The number of hydrogen-bond acceptors (Lipinski definition) is 6. The van der Waals surface area contributed by atoms with E-state index in [4.69, 9.17) is 14.5 Å². The summed E-state index contributed by atoms with van der Waals surface area (Å²) < 4.78 is 10.3. The maximum atomic E-state index is 12.5. The van der Waals surface area contributed by atoms with Gasteiger partial charge in [0.05, 0.1) is 29.6 Å². The van der Waals surface area contributed by atoms with Crippen molar-refractivity contribution < 1.29 is 24.2 Å². The van der Waals surface area contributed by atoms with E-state index < -0.39 is 11.6 Å². The summed E-state index contributed by atoms with van der Waals surface area (Å²) in [7, 11) is 1.33. The van der Waals surface area contributed by atoms with Crippen molar-refractivity contribution in [1.29, 1.82) is 0 Å². The lowest BCUT2D eigenvalue weighted by molar-refractivity contribution is 0.0244. The molecule has 0 aliphatic heterocycles. The van der Waals surface area contributed by atoms with Crippen molar-refractivity contribution >= 4 is 34.4 Å². The summed E-state index contributed by atoms with van der Waals surface area (Å²) in [6.45, 7) is 8.38. The lowest BCUT2D eigenvalue weighted by Gasteiger charge is -2.26. The highest BCUT2D eigenvalue weighted by molar-refractivity contribution is 6.22. The molecule has 4 rings (SSSR count). The summed E-state index contributed by atoms with van der Waals surface area (Å²) in [6, 6.07) is 22.3. The third-order valence-electron chi connectivity index (χ3n) is 6.07. The number of H-pyrrole nitrogens is 1. The molecule has 0 aliphatic carbocycles. The molecule has 39 heavy (non-hydrogen) atoms. The molecule has 0 spiro atoms. The maximum absolute atomic E-state index is 12.5. The molecule has 0 fully saturated rings. The zero-order valence-electron chi connectivity index (χ0n) is 22.8. The van der Waals surface area contributed by atoms with Crippen LogP contribution < -0.4 is 0 Å². The smallest absolute Gasteiger partial charge is 0.410 e. The minimum absolute atomic E-state index is 0.0535. The standard InChI is InChI=1S/C31H33N3O5/c1-6-34(30(37)39-31(2,3)4)19-20-12-15-23(16-13-20)32-27(21-10-8-7-9-11-21)26-24-17-14-22(29(36)38-5)18-25(24)33-28(26)35/h7-18,33,35H,6,19H2,1-5H3. The van der Waals surface area contributed by atoms with Gasteiger partial charge in [0.1, 0.15) is 5.60 Å². The van der Waals surface area contributed by atoms with Gasteiger partial charge in [0, 0.05) is 29.6 Å². The molecule has 0 atom stereocenters. The van der Waals surface area contributed by atoms with E-state index in [-0.39, 0.29) is 12.0 Å². The first-order chi connectivity index (χ1) is 18.6. The molecule has 0 saturated heterocycles. The molecule has 3 aromatic carbocycles. The van der Waals surface area contributed by atoms with E-state index in [1.165, 1.54) is 7.11 Å². The molecule has 2 N–H and O–H groups in total. The van der Waals surface area contributed by atoms with E-state index in [2.05, 4.69) is 4.98 Å². The second-order valence-electron chi connectivity index (χ2n) is 10.1. The molecule has 0 aliphatic rings. The van der Waals surface area contributed by atoms with Crippen LogP contribution in [0.4, 0.5) is 10.5 Å². The van der Waals surface area contributed by atoms with Gasteiger partial charge in [0.15, 0.2) is 5.88 Å². The quantitative estimate of drug-likeness (QED) is 0.209. The van der Waals surface area contributed by atoms with Crippen LogP contribution in [-0.2, 0) is 16.0 Å². The fourth-order valence-electron chi connectivity index (χ4n) is 4.19. The number of rotatable bonds is 7. The molecule has 202 valence electrons. The number of esters is 1. The van der Waals surface area contributed by atoms with Crippen molar-refractivity contribution in [3.05, 3.63) is 95.1 Å². The lowest BCUT2D eigenvalue weighted by atomic mass is 10.00. The molecule has 0 bridgehead atoms. The Kier molecular flexibility index (Phi) is 8.04. The second-order valence-corrected chi connectivity index (χ2v) is 10.1. The first-order valence-electron chi connectivity index (χ1n) is 12.7. The van der Waals surface area contributed by atoms with Gasteiger partial charge in [-0.1, -0.05) is 48.5 Å². The van der Waals surface area contributed by atoms with Crippen molar-refractivity contribution in [3.63, 3.8) is 0 Å². The molecule has 1 heterocycles. The van der Waals surface area contributed by atoms with Crippen molar-refractivity contribution in [1.82, 2.24) is 9.88 Å². The van der Waals surface area contributed by atoms with Crippen LogP contribution in [0.5, 0.6) is 5.88 Å². The van der Waals surface area contributed by atoms with Crippen LogP contribution in [0.1, 0.15) is 54.7 Å². The normalized spacial score (nSPS) is 11.9. The van der Waals surface area contributed by atoms with Gasteiger partial charge in [-0.3, -0.25) is 0 Å². The summed E-state index contributed by atoms with van der Waals surface area (Å²) in [6.07, 6.45) is -0.358. The molecule has 1 aromatic heterocycles. The Morgan fingerprint density at radius 2 is 1.67 bits per heavy atom. The minimum Gasteiger partial charge on any atom is -0.494 e. The first kappa shape index (κ1) is 27.4. The molecule has 4 aromatic rings. The zero-order chi connectivity index (χ0) is 28.2. The molecule has 0 unspecified atom stereocenters. The van der Waals surface area contributed by atoms with E-state index in [0.29, 0.717) is 41.1 Å². The number of aromatic amines is 1. The Morgan fingerprint density at radius 3 is 2.28 bits per heavy atom. The Morgan fingerprint density at radius 1 is 0.974 bits per heavy atom. The van der Waals surface area contributed by atoms with E-state index >= 15 is 0 Å². The second kappa shape index (κ2) is 11.4. The third kappa shape index (κ3) is 6.46. The number of aromatic hydroxyl groups is 1. The van der Waals surface area contributed by atoms with Crippen molar-refractivity contribution in [2.24, 2.45) is 4.99 Å². The van der Waals surface area contributed by atoms with Crippen LogP contribution in [0.15, 0.2) is 77.8 Å². The van der Waals surface area contributed by atoms with Gasteiger partial charge in [-0.05, 0) is 57.5 Å². The number of aromatic nitrogens is 1. The summed E-state index contributed by atoms with van der Waals surface area (Å²) in [5.74, 6) is -0.514. The molecule has 8 nitrogen and oxygen atoms in total. The number of carbonyl (C=O) groups excluding carboxylic acids is 2. The van der Waals surface area contributed by atoms with Crippen molar-refractivity contribution in [3.8, 4) is 5.88 Å². The Bertz CT molecular complexity index is 1500. The molecule has 0 saturated carbocycles. The Labute approximate surface area is 227 Å². The Balaban J connectivity index is 1.70. The predicted molar refractivity (Wildman–Crippen MR) is 152 cm³/mol. The zero-order valence-corrected chi connectivity index (χ0v) is 22.8. The molecular weight excluding hydrogens is 494 g/mol. The topological polar surface area (TPSA) is 104 Å². The summed E-state index contributed by atoms with van der Waals surface area (Å²) >= 11 is 0. The number of ether oxygens (including phenoxy) is 2. The highest BCUT2D eigenvalue weighted by Crippen LogP contribution is 2.32. The van der Waals surface area contributed by atoms with Gasteiger partial charge in [-0.25, -0.2) is 14.6 Å². The minimum atomic E-state index is -0.564. The largest absolute Gasteiger partial charge is 0.494 e. The van der Waals surface area contributed by atoms with Crippen LogP contribution in [0.25, 0.3) is 10.9 Å². The van der Waals surface area contributed by atoms with Gasteiger partial charge < -0.3 is 24.5 Å². The Hall–Kier alpha value is -4.59. The summed E-state index contributed by atoms with van der Waals surface area (Å²) in [5.41, 5.74) is 3.93. The van der Waals surface area contributed by atoms with Crippen molar-refractivity contribution in [2.45, 2.75) is 39.8 Å². The van der Waals surface area contributed by atoms with E-state index in [0.717, 1.165) is 16.5 Å². The molecule has 1 amide bonds. The number of nitrogens with zero attached hydrogens (tertiary/aromatic N) is 2.